The number of furan rings is 1. The molecule has 138 valence electrons. The lowest BCUT2D eigenvalue weighted by Crippen LogP contribution is -2.10. The molecule has 3 N–H and O–H groups in total. The molecule has 3 aromatic rings. The van der Waals surface area contributed by atoms with Crippen molar-refractivity contribution in [2.75, 3.05) is 11.9 Å². The van der Waals surface area contributed by atoms with E-state index < -0.39 is 0 Å². The lowest BCUT2D eigenvalue weighted by atomic mass is 10.3. The molecule has 1 aliphatic carbocycles. The Kier molecular flexibility index (Phi) is 5.04. The first-order valence-corrected chi connectivity index (χ1v) is 9.63. The van der Waals surface area contributed by atoms with Crippen molar-refractivity contribution in [1.82, 2.24) is 15.3 Å². The smallest absolute Gasteiger partial charge is 0.151 e. The third-order valence-electron chi connectivity index (χ3n) is 4.09. The first-order chi connectivity index (χ1) is 13.2. The minimum absolute atomic E-state index is 0.239. The van der Waals surface area contributed by atoms with Gasteiger partial charge in [0.15, 0.2) is 5.82 Å². The van der Waals surface area contributed by atoms with Crippen LogP contribution < -0.4 is 10.6 Å². The summed E-state index contributed by atoms with van der Waals surface area (Å²) < 4.78 is 6.88. The second-order valence-corrected chi connectivity index (χ2v) is 7.14. The second-order valence-electron chi connectivity index (χ2n) is 6.09. The number of thiophene rings is 1. The summed E-state index contributed by atoms with van der Waals surface area (Å²) in [7, 11) is 0. The molecule has 0 atom stereocenters. The summed E-state index contributed by atoms with van der Waals surface area (Å²) in [6.45, 7) is 3.68. The number of fused-ring (bicyclic) bond motifs is 1. The molecule has 0 aromatic carbocycles. The van der Waals surface area contributed by atoms with Crippen molar-refractivity contribution in [3.8, 4) is 10.6 Å². The van der Waals surface area contributed by atoms with Gasteiger partial charge >= 0.3 is 0 Å². The van der Waals surface area contributed by atoms with Crippen LogP contribution in [0.1, 0.15) is 19.1 Å². The van der Waals surface area contributed by atoms with E-state index in [1.165, 1.54) is 6.33 Å². The fourth-order valence-electron chi connectivity index (χ4n) is 2.78. The molecule has 3 aromatic heterocycles. The number of aliphatic hydroxyl groups is 1. The Morgan fingerprint density at radius 1 is 1.30 bits per heavy atom. The number of aliphatic hydroxyl groups excluding tert-OH is 1. The van der Waals surface area contributed by atoms with Crippen LogP contribution in [0.2, 0.25) is 0 Å². The van der Waals surface area contributed by atoms with Gasteiger partial charge in [0.05, 0.1) is 21.6 Å². The van der Waals surface area contributed by atoms with Gasteiger partial charge in [-0.15, -0.1) is 11.3 Å². The van der Waals surface area contributed by atoms with Crippen LogP contribution in [0, 0.1) is 0 Å². The van der Waals surface area contributed by atoms with E-state index in [1.54, 1.807) is 23.5 Å². The molecule has 0 saturated heterocycles. The third-order valence-corrected chi connectivity index (χ3v) is 5.24. The Bertz CT molecular complexity index is 1050. The fraction of sp³-hybridized carbons (Fsp3) is 0.200. The van der Waals surface area contributed by atoms with Gasteiger partial charge in [0.1, 0.15) is 23.6 Å². The number of aromatic nitrogens is 2. The maximum absolute atomic E-state index is 9.82. The van der Waals surface area contributed by atoms with Crippen LogP contribution in [-0.2, 0) is 6.54 Å². The van der Waals surface area contributed by atoms with Crippen molar-refractivity contribution in [1.29, 1.82) is 0 Å². The average Bonchev–Trinajstić information content (AvgIpc) is 3.25. The molecule has 6 nitrogen and oxygen atoms in total. The van der Waals surface area contributed by atoms with Crippen molar-refractivity contribution in [3.05, 3.63) is 66.0 Å². The van der Waals surface area contributed by atoms with E-state index in [-0.39, 0.29) is 5.76 Å². The molecule has 4 rings (SSSR count). The Hall–Kier alpha value is -2.90. The zero-order valence-corrected chi connectivity index (χ0v) is 15.7. The van der Waals surface area contributed by atoms with E-state index >= 15 is 0 Å². The quantitative estimate of drug-likeness (QED) is 0.572. The molecule has 3 heterocycles. The highest BCUT2D eigenvalue weighted by Gasteiger charge is 2.13. The monoisotopic (exact) mass is 380 g/mol. The summed E-state index contributed by atoms with van der Waals surface area (Å²) >= 11 is 1.58. The Labute approximate surface area is 161 Å². The second kappa shape index (κ2) is 7.77. The van der Waals surface area contributed by atoms with Crippen LogP contribution >= 0.6 is 11.3 Å². The predicted octanol–water partition coefficient (Wildman–Crippen LogP) is 4.76. The van der Waals surface area contributed by atoms with Crippen LogP contribution in [0.3, 0.4) is 0 Å². The molecule has 0 spiro atoms. The van der Waals surface area contributed by atoms with Gasteiger partial charge in [-0.2, -0.15) is 0 Å². The minimum atomic E-state index is 0.239. The molecule has 0 bridgehead atoms. The van der Waals surface area contributed by atoms with Gasteiger partial charge in [0, 0.05) is 11.8 Å². The van der Waals surface area contributed by atoms with Gasteiger partial charge in [0.2, 0.25) is 0 Å². The number of hydrogen-bond acceptors (Lipinski definition) is 7. The Morgan fingerprint density at radius 3 is 3.11 bits per heavy atom. The van der Waals surface area contributed by atoms with Gasteiger partial charge in [-0.25, -0.2) is 9.97 Å². The van der Waals surface area contributed by atoms with E-state index in [0.29, 0.717) is 18.8 Å². The first-order valence-electron chi connectivity index (χ1n) is 8.81. The molecule has 0 fully saturated rings. The molecule has 0 amide bonds. The number of hydrogen-bond donors (Lipinski definition) is 3. The normalized spacial score (nSPS) is 14.1. The predicted molar refractivity (Wildman–Crippen MR) is 109 cm³/mol. The zero-order valence-electron chi connectivity index (χ0n) is 14.9. The summed E-state index contributed by atoms with van der Waals surface area (Å²) in [6, 6.07) is 5.98. The summed E-state index contributed by atoms with van der Waals surface area (Å²) in [4.78, 5) is 9.76. The summed E-state index contributed by atoms with van der Waals surface area (Å²) in [5.74, 6) is 2.68. The third kappa shape index (κ3) is 3.94. The number of nitrogens with zero attached hydrogens (tertiary/aromatic N) is 2. The van der Waals surface area contributed by atoms with Crippen molar-refractivity contribution >= 4 is 27.4 Å². The molecule has 0 unspecified atom stereocenters. The molecule has 7 heteroatoms. The topological polar surface area (TPSA) is 83.2 Å². The van der Waals surface area contributed by atoms with Gasteiger partial charge < -0.3 is 20.2 Å². The molecule has 27 heavy (non-hydrogen) atoms. The van der Waals surface area contributed by atoms with Gasteiger partial charge in [-0.1, -0.05) is 13.0 Å². The lowest BCUT2D eigenvalue weighted by Gasteiger charge is -2.06. The Balaban J connectivity index is 1.64. The van der Waals surface area contributed by atoms with Crippen LogP contribution in [0.25, 0.3) is 20.9 Å². The van der Waals surface area contributed by atoms with E-state index in [1.807, 2.05) is 30.4 Å². The lowest BCUT2D eigenvalue weighted by molar-refractivity contribution is 0.430. The zero-order chi connectivity index (χ0) is 18.6. The van der Waals surface area contributed by atoms with Crippen LogP contribution in [0.5, 0.6) is 0 Å². The SMILES string of the molecule is CCNCc1ccc(-c2cc3ncnc(NC4=CC(O)=CCC=C4)c3s2)o1. The highest BCUT2D eigenvalue weighted by Crippen LogP contribution is 2.36. The largest absolute Gasteiger partial charge is 0.508 e. The number of nitrogens with one attached hydrogen (secondary N) is 2. The first kappa shape index (κ1) is 17.5. The molecule has 0 radical (unpaired) electrons. The molecule has 0 aliphatic heterocycles. The van der Waals surface area contributed by atoms with E-state index in [0.717, 1.165) is 38.9 Å². The van der Waals surface area contributed by atoms with Gasteiger partial charge in [0.25, 0.3) is 0 Å². The molecular weight excluding hydrogens is 360 g/mol. The molecule has 0 saturated carbocycles. The Morgan fingerprint density at radius 2 is 2.22 bits per heavy atom. The van der Waals surface area contributed by atoms with Crippen molar-refractivity contribution in [2.45, 2.75) is 19.9 Å². The van der Waals surface area contributed by atoms with Gasteiger partial charge in [-0.05, 0) is 43.3 Å². The van der Waals surface area contributed by atoms with Crippen molar-refractivity contribution in [3.63, 3.8) is 0 Å². The fourth-order valence-corrected chi connectivity index (χ4v) is 3.80. The van der Waals surface area contributed by atoms with Crippen LogP contribution in [-0.4, -0.2) is 21.6 Å². The maximum atomic E-state index is 9.82. The highest BCUT2D eigenvalue weighted by molar-refractivity contribution is 7.22. The van der Waals surface area contributed by atoms with Gasteiger partial charge in [-0.3, -0.25) is 0 Å². The highest BCUT2D eigenvalue weighted by atomic mass is 32.1. The average molecular weight is 380 g/mol. The summed E-state index contributed by atoms with van der Waals surface area (Å²) in [5, 5.41) is 16.4. The van der Waals surface area contributed by atoms with Crippen molar-refractivity contribution in [2.24, 2.45) is 0 Å². The van der Waals surface area contributed by atoms with Crippen LogP contribution in [0.15, 0.2) is 64.7 Å². The van der Waals surface area contributed by atoms with E-state index in [4.69, 9.17) is 4.42 Å². The molecular formula is C20H20N4O2S. The minimum Gasteiger partial charge on any atom is -0.508 e. The molecule has 1 aliphatic rings. The standard InChI is InChI=1S/C20H20N4O2S/c1-2-21-11-15-7-8-17(26-15)18-10-16-19(27-18)20(23-12-22-16)24-13-5-3-4-6-14(25)9-13/h3,5-10,12,21,25H,2,4,11H2,1H3,(H,22,23,24). The number of rotatable bonds is 6. The summed E-state index contributed by atoms with van der Waals surface area (Å²) in [6.07, 6.45) is 9.59. The van der Waals surface area contributed by atoms with E-state index in [2.05, 4.69) is 27.5 Å². The van der Waals surface area contributed by atoms with E-state index in [9.17, 15) is 5.11 Å². The number of anilines is 1. The summed E-state index contributed by atoms with van der Waals surface area (Å²) in [5.41, 5.74) is 1.64. The number of allylic oxidation sites excluding steroid dienone is 4. The van der Waals surface area contributed by atoms with Crippen LogP contribution in [0.4, 0.5) is 5.82 Å². The maximum Gasteiger partial charge on any atom is 0.151 e. The van der Waals surface area contributed by atoms with Crippen molar-refractivity contribution < 1.29 is 9.52 Å².